The summed E-state index contributed by atoms with van der Waals surface area (Å²) >= 11 is 1.37. The van der Waals surface area contributed by atoms with E-state index in [1.807, 2.05) is 6.92 Å². The average molecular weight is 538 g/mol. The van der Waals surface area contributed by atoms with E-state index in [1.54, 1.807) is 0 Å². The molecule has 1 aliphatic heterocycles. The molecule has 10 nitrogen and oxygen atoms in total. The van der Waals surface area contributed by atoms with E-state index in [0.717, 1.165) is 49.8 Å². The van der Waals surface area contributed by atoms with Gasteiger partial charge in [0.05, 0.1) is 44.7 Å². The average Bonchev–Trinajstić information content (AvgIpc) is 3.29. The molecule has 1 aromatic heterocycles. The zero-order valence-electron chi connectivity index (χ0n) is 21.9. The first kappa shape index (κ1) is 28.0. The van der Waals surface area contributed by atoms with Crippen LogP contribution in [0.1, 0.15) is 49.6 Å². The van der Waals surface area contributed by atoms with E-state index >= 15 is 0 Å². The van der Waals surface area contributed by atoms with Crippen LogP contribution in [0.2, 0.25) is 0 Å². The lowest BCUT2D eigenvalue weighted by Crippen LogP contribution is -3.14. The van der Waals surface area contributed by atoms with Crippen LogP contribution in [0.15, 0.2) is 12.7 Å². The third-order valence-electron chi connectivity index (χ3n) is 8.83. The van der Waals surface area contributed by atoms with Gasteiger partial charge in [0.1, 0.15) is 19.7 Å². The number of amides is 2. The molecule has 0 radical (unpaired) electrons. The first-order chi connectivity index (χ1) is 17.7. The van der Waals surface area contributed by atoms with Crippen molar-refractivity contribution in [2.75, 3.05) is 57.9 Å². The van der Waals surface area contributed by atoms with Crippen molar-refractivity contribution < 1.29 is 34.2 Å². The fourth-order valence-electron chi connectivity index (χ4n) is 6.50. The lowest BCUT2D eigenvalue weighted by molar-refractivity contribution is -0.906. The molecule has 2 aliphatic carbocycles. The number of aliphatic hydroxyl groups excluding tert-OH is 2. The Morgan fingerprint density at radius 1 is 1.35 bits per heavy atom. The normalized spacial score (nSPS) is 31.6. The second-order valence-corrected chi connectivity index (χ2v) is 12.1. The number of aromatic nitrogens is 1. The Balaban J connectivity index is 1.55. The highest BCUT2D eigenvalue weighted by Crippen LogP contribution is 2.62. The summed E-state index contributed by atoms with van der Waals surface area (Å²) in [5.41, 5.74) is -0.210. The molecule has 2 heterocycles. The summed E-state index contributed by atoms with van der Waals surface area (Å²) in [5.74, 6) is -0.278. The largest absolute Gasteiger partial charge is 0.445 e. The van der Waals surface area contributed by atoms with E-state index < -0.39 is 17.6 Å². The molecule has 2 amide bonds. The molecule has 0 spiro atoms. The van der Waals surface area contributed by atoms with Crippen molar-refractivity contribution in [3.8, 4) is 0 Å². The molecule has 2 fully saturated rings. The van der Waals surface area contributed by atoms with Crippen molar-refractivity contribution >= 4 is 28.5 Å². The van der Waals surface area contributed by atoms with Crippen LogP contribution in [-0.4, -0.2) is 85.9 Å². The first-order valence-corrected chi connectivity index (χ1v) is 14.0. The summed E-state index contributed by atoms with van der Waals surface area (Å²) in [6, 6.07) is 0. The molecule has 0 aromatic carbocycles. The smallest absolute Gasteiger partial charge is 0.413 e. The maximum atomic E-state index is 13.2. The fraction of sp³-hybridized carbons (Fsp3) is 0.731. The number of carbonyl (C=O) groups excluding carboxylic acids is 2. The van der Waals surface area contributed by atoms with Crippen molar-refractivity contribution in [1.82, 2.24) is 10.3 Å². The van der Waals surface area contributed by atoms with Crippen LogP contribution < -0.4 is 15.5 Å². The zero-order valence-corrected chi connectivity index (χ0v) is 22.7. The lowest BCUT2D eigenvalue weighted by atomic mass is 9.47. The van der Waals surface area contributed by atoms with Gasteiger partial charge < -0.3 is 29.9 Å². The standard InChI is InChI=1S/C26H40N4O6S/c1-4-11-36-24(34)29-23-28-22-17(14-21(33)27-7-8-30-9-12-35-13-10-30)25(2)6-5-20(32)26(3,16-31)19(25)15-18(22)37-23/h4,17,19-20,31-32H,1,5-16H2,2-3H3,(H,27,33)(H,28,29,34)/p+1/t17-,19+,20-,25+,26+/m1/s1. The van der Waals surface area contributed by atoms with Crippen LogP contribution in [-0.2, 0) is 20.7 Å². The molecule has 1 saturated carbocycles. The number of carbonyl (C=O) groups is 2. The van der Waals surface area contributed by atoms with Crippen molar-refractivity contribution in [3.05, 3.63) is 23.2 Å². The number of hydrogen-bond acceptors (Lipinski definition) is 8. The Kier molecular flexibility index (Phi) is 8.90. The molecular formula is C26H41N4O6S+. The number of morpholine rings is 1. The molecule has 3 aliphatic rings. The molecule has 37 heavy (non-hydrogen) atoms. The summed E-state index contributed by atoms with van der Waals surface area (Å²) in [5, 5.41) is 27.5. The molecule has 5 atom stereocenters. The quantitative estimate of drug-likeness (QED) is 0.293. The van der Waals surface area contributed by atoms with Gasteiger partial charge in [-0.1, -0.05) is 26.5 Å². The summed E-state index contributed by atoms with van der Waals surface area (Å²) in [6.07, 6.45) is 2.44. The number of nitrogens with zero attached hydrogens (tertiary/aromatic N) is 1. The maximum absolute atomic E-state index is 13.2. The Labute approximate surface area is 222 Å². The highest BCUT2D eigenvalue weighted by Gasteiger charge is 2.59. The van der Waals surface area contributed by atoms with Gasteiger partial charge in [0.2, 0.25) is 5.91 Å². The van der Waals surface area contributed by atoms with Crippen LogP contribution >= 0.6 is 11.3 Å². The van der Waals surface area contributed by atoms with Gasteiger partial charge in [-0.3, -0.25) is 10.1 Å². The predicted octanol–water partition coefficient (Wildman–Crippen LogP) is 0.715. The van der Waals surface area contributed by atoms with Gasteiger partial charge in [-0.05, 0) is 30.6 Å². The zero-order chi connectivity index (χ0) is 26.6. The summed E-state index contributed by atoms with van der Waals surface area (Å²) < 4.78 is 10.5. The van der Waals surface area contributed by atoms with E-state index in [-0.39, 0.29) is 42.8 Å². The minimum Gasteiger partial charge on any atom is -0.445 e. The van der Waals surface area contributed by atoms with Gasteiger partial charge in [0, 0.05) is 22.6 Å². The van der Waals surface area contributed by atoms with E-state index in [2.05, 4.69) is 24.1 Å². The van der Waals surface area contributed by atoms with E-state index in [0.29, 0.717) is 24.5 Å². The van der Waals surface area contributed by atoms with E-state index in [4.69, 9.17) is 14.5 Å². The Morgan fingerprint density at radius 3 is 2.81 bits per heavy atom. The highest BCUT2D eigenvalue weighted by molar-refractivity contribution is 7.15. The van der Waals surface area contributed by atoms with Crippen LogP contribution in [0.25, 0.3) is 0 Å². The summed E-state index contributed by atoms with van der Waals surface area (Å²) in [6.45, 7) is 12.5. The molecule has 1 aromatic rings. The van der Waals surface area contributed by atoms with Crippen LogP contribution in [0.4, 0.5) is 9.93 Å². The topological polar surface area (TPSA) is 134 Å². The molecule has 0 unspecified atom stereocenters. The maximum Gasteiger partial charge on any atom is 0.413 e. The lowest BCUT2D eigenvalue weighted by Gasteiger charge is -2.58. The second kappa shape index (κ2) is 11.8. The number of hydrogen-bond donors (Lipinski definition) is 5. The molecule has 0 bridgehead atoms. The number of anilines is 1. The Bertz CT molecular complexity index is 982. The fourth-order valence-corrected chi connectivity index (χ4v) is 7.56. The van der Waals surface area contributed by atoms with Crippen LogP contribution in [0, 0.1) is 16.7 Å². The number of fused-ring (bicyclic) bond motifs is 2. The van der Waals surface area contributed by atoms with Crippen molar-refractivity contribution in [3.63, 3.8) is 0 Å². The number of thiazole rings is 1. The summed E-state index contributed by atoms with van der Waals surface area (Å²) in [7, 11) is 0. The SMILES string of the molecule is C=CCOC(=O)Nc1nc2c(s1)C[C@@H]1[C@](C)(CO)[C@H](O)CC[C@@]1(C)[C@@H]2CC(=O)NCC[NH+]1CCOCC1. The van der Waals surface area contributed by atoms with Crippen molar-refractivity contribution in [2.24, 2.45) is 16.7 Å². The molecule has 4 rings (SSSR count). The van der Waals surface area contributed by atoms with Gasteiger partial charge in [0.15, 0.2) is 5.13 Å². The molecule has 1 saturated heterocycles. The number of nitrogens with one attached hydrogen (secondary N) is 3. The van der Waals surface area contributed by atoms with Gasteiger partial charge >= 0.3 is 6.09 Å². The monoisotopic (exact) mass is 537 g/mol. The number of quaternary nitrogens is 1. The summed E-state index contributed by atoms with van der Waals surface area (Å²) in [4.78, 5) is 32.5. The second-order valence-electron chi connectivity index (χ2n) is 11.0. The van der Waals surface area contributed by atoms with Gasteiger partial charge in [-0.25, -0.2) is 9.78 Å². The molecule has 206 valence electrons. The van der Waals surface area contributed by atoms with E-state index in [1.165, 1.54) is 22.3 Å². The predicted molar refractivity (Wildman–Crippen MR) is 140 cm³/mol. The molecular weight excluding hydrogens is 496 g/mol. The van der Waals surface area contributed by atoms with Gasteiger partial charge in [0.25, 0.3) is 0 Å². The number of ether oxygens (including phenoxy) is 2. The number of aliphatic hydroxyl groups is 2. The van der Waals surface area contributed by atoms with Crippen molar-refractivity contribution in [1.29, 1.82) is 0 Å². The third kappa shape index (κ3) is 5.85. The van der Waals surface area contributed by atoms with Gasteiger partial charge in [-0.2, -0.15) is 0 Å². The number of rotatable bonds is 9. The Morgan fingerprint density at radius 2 is 2.11 bits per heavy atom. The van der Waals surface area contributed by atoms with Crippen molar-refractivity contribution in [2.45, 2.75) is 51.6 Å². The molecule has 11 heteroatoms. The molecule has 5 N–H and O–H groups in total. The first-order valence-electron chi connectivity index (χ1n) is 13.2. The minimum atomic E-state index is -0.695. The van der Waals surface area contributed by atoms with Crippen LogP contribution in [0.3, 0.4) is 0 Å². The minimum absolute atomic E-state index is 0.0322. The van der Waals surface area contributed by atoms with Gasteiger partial charge in [-0.15, -0.1) is 11.3 Å². The third-order valence-corrected chi connectivity index (χ3v) is 9.83. The van der Waals surface area contributed by atoms with Crippen LogP contribution in [0.5, 0.6) is 0 Å². The Hall–Kier alpha value is -2.05. The van der Waals surface area contributed by atoms with E-state index in [9.17, 15) is 19.8 Å². The highest BCUT2D eigenvalue weighted by atomic mass is 32.1.